The van der Waals surface area contributed by atoms with Gasteiger partial charge in [-0.2, -0.15) is 0 Å². The Morgan fingerprint density at radius 3 is 2.26 bits per heavy atom. The fourth-order valence-electron chi connectivity index (χ4n) is 4.00. The van der Waals surface area contributed by atoms with E-state index < -0.39 is 0 Å². The Bertz CT molecular complexity index is 1370. The summed E-state index contributed by atoms with van der Waals surface area (Å²) in [4.78, 5) is 29.0. The van der Waals surface area contributed by atoms with Crippen molar-refractivity contribution in [3.05, 3.63) is 88.4 Å². The topological polar surface area (TPSA) is 139 Å². The fraction of sp³-hybridized carbons (Fsp3) is 0.344. The number of carbonyl (C=O) groups excluding carboxylic acids is 2. The van der Waals surface area contributed by atoms with E-state index in [9.17, 15) is 19.8 Å². The van der Waals surface area contributed by atoms with Crippen LogP contribution in [-0.4, -0.2) is 79.9 Å². The molecule has 11 heteroatoms. The second-order valence-corrected chi connectivity index (χ2v) is 9.99. The van der Waals surface area contributed by atoms with Gasteiger partial charge in [0.25, 0.3) is 5.91 Å². The number of hydrogen-bond donors (Lipinski definition) is 4. The van der Waals surface area contributed by atoms with Crippen LogP contribution >= 0.6 is 11.6 Å². The molecule has 0 unspecified atom stereocenters. The quantitative estimate of drug-likeness (QED) is 0.101. The van der Waals surface area contributed by atoms with Crippen LogP contribution in [0.1, 0.15) is 41.8 Å². The number of nitrogens with one attached hydrogen (secondary N) is 2. The van der Waals surface area contributed by atoms with Gasteiger partial charge in [-0.25, -0.2) is 0 Å². The third-order valence-electron chi connectivity index (χ3n) is 6.07. The minimum atomic E-state index is -0.378. The smallest absolute Gasteiger partial charge is 0.251 e. The molecule has 43 heavy (non-hydrogen) atoms. The van der Waals surface area contributed by atoms with E-state index in [4.69, 9.17) is 30.8 Å². The Morgan fingerprint density at radius 2 is 1.53 bits per heavy atom. The maximum atomic E-state index is 12.1. The summed E-state index contributed by atoms with van der Waals surface area (Å²) in [7, 11) is 0. The Labute approximate surface area is 256 Å². The van der Waals surface area contributed by atoms with Gasteiger partial charge < -0.3 is 35.1 Å². The zero-order chi connectivity index (χ0) is 31.0. The maximum absolute atomic E-state index is 12.1. The molecule has 1 atom stereocenters. The van der Waals surface area contributed by atoms with Crippen LogP contribution in [0.3, 0.4) is 0 Å². The third kappa shape index (κ3) is 11.6. The first-order valence-corrected chi connectivity index (χ1v) is 14.4. The summed E-state index contributed by atoms with van der Waals surface area (Å²) in [6.45, 7) is 6.35. The lowest BCUT2D eigenvalue weighted by molar-refractivity contribution is -0.121. The van der Waals surface area contributed by atoms with Gasteiger partial charge in [0.05, 0.1) is 38.2 Å². The maximum Gasteiger partial charge on any atom is 0.251 e. The van der Waals surface area contributed by atoms with Crippen LogP contribution in [0.15, 0.2) is 71.7 Å². The largest absolute Gasteiger partial charge is 0.504 e. The lowest BCUT2D eigenvalue weighted by Crippen LogP contribution is -2.27. The number of benzene rings is 3. The van der Waals surface area contributed by atoms with Gasteiger partial charge >= 0.3 is 0 Å². The highest BCUT2D eigenvalue weighted by Gasteiger charge is 2.13. The molecule has 4 N–H and O–H groups in total. The highest BCUT2D eigenvalue weighted by molar-refractivity contribution is 6.30. The number of phenols is 2. The zero-order valence-corrected chi connectivity index (χ0v) is 25.1. The molecule has 3 rings (SSSR count). The number of nitrogens with zero attached hydrogens (tertiary/aromatic N) is 1. The van der Waals surface area contributed by atoms with Crippen LogP contribution in [0.4, 0.5) is 0 Å². The summed E-state index contributed by atoms with van der Waals surface area (Å²) in [5, 5.41) is 24.9. The average molecular weight is 612 g/mol. The molecule has 0 saturated heterocycles. The Balaban J connectivity index is 1.42. The first-order chi connectivity index (χ1) is 20.8. The van der Waals surface area contributed by atoms with Gasteiger partial charge in [0, 0.05) is 41.2 Å². The number of phenolic OH excluding ortho intramolecular Hbond substituents is 2. The van der Waals surface area contributed by atoms with Crippen LogP contribution in [0.2, 0.25) is 5.02 Å². The van der Waals surface area contributed by atoms with Crippen molar-refractivity contribution in [1.82, 2.24) is 10.6 Å². The molecule has 0 bridgehead atoms. The highest BCUT2D eigenvalue weighted by Crippen LogP contribution is 2.24. The summed E-state index contributed by atoms with van der Waals surface area (Å²) in [5.41, 5.74) is 2.71. The van der Waals surface area contributed by atoms with E-state index in [-0.39, 0.29) is 47.9 Å². The van der Waals surface area contributed by atoms with E-state index in [0.717, 1.165) is 16.8 Å². The number of hydrogen-bond acceptors (Lipinski definition) is 8. The normalized spacial score (nSPS) is 12.0. The molecular weight excluding hydrogens is 574 g/mol. The Hall–Kier alpha value is -4.12. The molecule has 3 aromatic rings. The summed E-state index contributed by atoms with van der Waals surface area (Å²) in [6, 6.07) is 18.7. The number of aromatic hydroxyl groups is 2. The van der Waals surface area contributed by atoms with Crippen molar-refractivity contribution in [1.29, 1.82) is 0 Å². The molecule has 230 valence electrons. The predicted molar refractivity (Wildman–Crippen MR) is 166 cm³/mol. The second-order valence-electron chi connectivity index (χ2n) is 9.55. The molecular formula is C32H38ClN3O7. The van der Waals surface area contributed by atoms with E-state index >= 15 is 0 Å². The van der Waals surface area contributed by atoms with Gasteiger partial charge in [-0.15, -0.1) is 0 Å². The fourth-order valence-corrected chi connectivity index (χ4v) is 4.13. The highest BCUT2D eigenvalue weighted by atomic mass is 35.5. The lowest BCUT2D eigenvalue weighted by atomic mass is 10.0. The van der Waals surface area contributed by atoms with Crippen molar-refractivity contribution >= 4 is 29.1 Å². The second kappa shape index (κ2) is 17.7. The van der Waals surface area contributed by atoms with Crippen LogP contribution in [0.25, 0.3) is 0 Å². The van der Waals surface area contributed by atoms with E-state index in [1.807, 2.05) is 62.4 Å². The molecule has 0 aliphatic heterocycles. The molecule has 0 saturated carbocycles. The van der Waals surface area contributed by atoms with Crippen LogP contribution in [0.5, 0.6) is 17.2 Å². The van der Waals surface area contributed by atoms with Crippen LogP contribution < -0.4 is 15.4 Å². The molecule has 0 aromatic heterocycles. The molecule has 0 aliphatic rings. The molecule has 3 aromatic carbocycles. The van der Waals surface area contributed by atoms with E-state index in [0.29, 0.717) is 50.4 Å². The molecule has 0 spiro atoms. The van der Waals surface area contributed by atoms with Gasteiger partial charge in [0.2, 0.25) is 5.91 Å². The van der Waals surface area contributed by atoms with Gasteiger partial charge in [-0.3, -0.25) is 14.6 Å². The summed E-state index contributed by atoms with van der Waals surface area (Å²) >= 11 is 6.10. The van der Waals surface area contributed by atoms with Crippen molar-refractivity contribution < 1.29 is 34.0 Å². The number of carbonyl (C=O) groups is 2. The van der Waals surface area contributed by atoms with E-state index in [1.54, 1.807) is 0 Å². The van der Waals surface area contributed by atoms with Gasteiger partial charge in [-0.1, -0.05) is 35.9 Å². The molecule has 0 radical (unpaired) electrons. The first kappa shape index (κ1) is 33.4. The monoisotopic (exact) mass is 611 g/mol. The standard InChI is InChI=1S/C32H38ClN3O7/c1-3-34-30(39)19-22(2)36-31(23-7-10-26(33)11-8-23)24-5-4-6-27(20-24)43-18-17-42-16-15-41-14-13-35-32(40)25-9-12-28(37)29(38)21-25/h4-12,20-22,37-38H,3,13-19H2,1-2H3,(H,34,39)(H,35,40)/b36-31-/t22-/m1/s1. The van der Waals surface area contributed by atoms with Crippen molar-refractivity contribution in [3.8, 4) is 17.2 Å². The Kier molecular flexibility index (Phi) is 13.8. The minimum Gasteiger partial charge on any atom is -0.504 e. The van der Waals surface area contributed by atoms with Gasteiger partial charge in [0.15, 0.2) is 11.5 Å². The van der Waals surface area contributed by atoms with Crippen molar-refractivity contribution in [2.75, 3.05) is 46.1 Å². The Morgan fingerprint density at radius 1 is 0.837 bits per heavy atom. The van der Waals surface area contributed by atoms with Crippen molar-refractivity contribution in [2.45, 2.75) is 26.3 Å². The predicted octanol–water partition coefficient (Wildman–Crippen LogP) is 4.35. The van der Waals surface area contributed by atoms with E-state index in [1.165, 1.54) is 18.2 Å². The van der Waals surface area contributed by atoms with Gasteiger partial charge in [0.1, 0.15) is 12.4 Å². The average Bonchev–Trinajstić information content (AvgIpc) is 2.99. The third-order valence-corrected chi connectivity index (χ3v) is 6.32. The number of rotatable bonds is 17. The van der Waals surface area contributed by atoms with Crippen molar-refractivity contribution in [3.63, 3.8) is 0 Å². The number of aliphatic imine (C=N–C) groups is 1. The molecule has 10 nitrogen and oxygen atoms in total. The molecule has 0 heterocycles. The van der Waals surface area contributed by atoms with Crippen LogP contribution in [-0.2, 0) is 14.3 Å². The minimum absolute atomic E-state index is 0.0454. The summed E-state index contributed by atoms with van der Waals surface area (Å²) in [5.74, 6) is -0.401. The number of halogens is 1. The van der Waals surface area contributed by atoms with Crippen molar-refractivity contribution in [2.24, 2.45) is 4.99 Å². The van der Waals surface area contributed by atoms with Crippen LogP contribution in [0, 0.1) is 0 Å². The van der Waals surface area contributed by atoms with E-state index in [2.05, 4.69) is 10.6 Å². The molecule has 0 fully saturated rings. The number of ether oxygens (including phenoxy) is 3. The SMILES string of the molecule is CCNC(=O)C[C@@H](C)/N=C(/c1ccc(Cl)cc1)c1cccc(OCCOCCOCCNC(=O)c2ccc(O)c(O)c2)c1. The lowest BCUT2D eigenvalue weighted by Gasteiger charge is -2.14. The summed E-state index contributed by atoms with van der Waals surface area (Å²) in [6.07, 6.45) is 0.280. The zero-order valence-electron chi connectivity index (χ0n) is 24.3. The number of amides is 2. The van der Waals surface area contributed by atoms with Gasteiger partial charge in [-0.05, 0) is 56.3 Å². The molecule has 0 aliphatic carbocycles. The summed E-state index contributed by atoms with van der Waals surface area (Å²) < 4.78 is 16.9. The first-order valence-electron chi connectivity index (χ1n) is 14.1. The molecule has 2 amide bonds.